The highest BCUT2D eigenvalue weighted by atomic mass is 16.3. The van der Waals surface area contributed by atoms with Crippen LogP contribution in [0.1, 0.15) is 26.2 Å². The predicted molar refractivity (Wildman–Crippen MR) is 51.1 cm³/mol. The molecule has 1 fully saturated rings. The summed E-state index contributed by atoms with van der Waals surface area (Å²) < 4.78 is 0. The Morgan fingerprint density at radius 1 is 1.75 bits per heavy atom. The molecule has 1 aliphatic heterocycles. The first-order valence-electron chi connectivity index (χ1n) is 4.77. The Morgan fingerprint density at radius 3 is 3.08 bits per heavy atom. The molecule has 1 aliphatic rings. The van der Waals surface area contributed by atoms with Crippen LogP contribution in [0.4, 0.5) is 0 Å². The topological polar surface area (TPSA) is 23.5 Å². The lowest BCUT2D eigenvalue weighted by molar-refractivity contribution is 0.139. The summed E-state index contributed by atoms with van der Waals surface area (Å²) in [6, 6.07) is 0.586. The van der Waals surface area contributed by atoms with Crippen LogP contribution in [0, 0.1) is 0 Å². The van der Waals surface area contributed by atoms with E-state index < -0.39 is 0 Å². The Morgan fingerprint density at radius 2 is 2.50 bits per heavy atom. The van der Waals surface area contributed by atoms with Gasteiger partial charge in [0.2, 0.25) is 0 Å². The van der Waals surface area contributed by atoms with Gasteiger partial charge in [-0.15, -0.1) is 6.58 Å². The molecule has 0 aromatic carbocycles. The van der Waals surface area contributed by atoms with Crippen LogP contribution in [0.15, 0.2) is 12.7 Å². The van der Waals surface area contributed by atoms with Crippen molar-refractivity contribution in [3.8, 4) is 0 Å². The van der Waals surface area contributed by atoms with Gasteiger partial charge < -0.3 is 5.11 Å². The van der Waals surface area contributed by atoms with Crippen LogP contribution in [0.25, 0.3) is 0 Å². The first kappa shape index (κ1) is 9.75. The van der Waals surface area contributed by atoms with E-state index in [0.717, 1.165) is 13.0 Å². The molecule has 0 aromatic heterocycles. The van der Waals surface area contributed by atoms with Gasteiger partial charge in [0, 0.05) is 12.6 Å². The maximum Gasteiger partial charge on any atom is 0.0527 e. The van der Waals surface area contributed by atoms with E-state index in [4.69, 9.17) is 0 Å². The molecule has 0 amide bonds. The number of hydrogen-bond acceptors (Lipinski definition) is 2. The third-order valence-corrected chi connectivity index (χ3v) is 2.48. The van der Waals surface area contributed by atoms with Crippen LogP contribution < -0.4 is 0 Å². The minimum Gasteiger partial charge on any atom is -0.393 e. The van der Waals surface area contributed by atoms with Crippen LogP contribution in [-0.4, -0.2) is 35.2 Å². The summed E-state index contributed by atoms with van der Waals surface area (Å²) in [5, 5.41) is 9.25. The molecular weight excluding hydrogens is 150 g/mol. The molecule has 0 aromatic rings. The third kappa shape index (κ3) is 2.61. The van der Waals surface area contributed by atoms with Crippen LogP contribution in [0.5, 0.6) is 0 Å². The minimum absolute atomic E-state index is 0.166. The largest absolute Gasteiger partial charge is 0.393 e. The maximum absolute atomic E-state index is 9.25. The lowest BCUT2D eigenvalue weighted by atomic mass is 10.1. The number of nitrogens with zero attached hydrogens (tertiary/aromatic N) is 1. The minimum atomic E-state index is -0.166. The average Bonchev–Trinajstić information content (AvgIpc) is 2.37. The molecule has 2 heteroatoms. The summed E-state index contributed by atoms with van der Waals surface area (Å²) in [5.74, 6) is 0. The molecule has 2 atom stereocenters. The molecule has 0 spiro atoms. The molecule has 0 saturated carbocycles. The van der Waals surface area contributed by atoms with E-state index in [1.807, 2.05) is 13.0 Å². The van der Waals surface area contributed by atoms with Crippen molar-refractivity contribution in [2.24, 2.45) is 0 Å². The van der Waals surface area contributed by atoms with E-state index in [1.54, 1.807) is 0 Å². The molecule has 1 rings (SSSR count). The Labute approximate surface area is 74.9 Å². The van der Waals surface area contributed by atoms with Crippen LogP contribution in [0.2, 0.25) is 0 Å². The molecule has 0 aliphatic carbocycles. The van der Waals surface area contributed by atoms with Crippen LogP contribution >= 0.6 is 0 Å². The van der Waals surface area contributed by atoms with Gasteiger partial charge in [0.25, 0.3) is 0 Å². The molecule has 2 nitrogen and oxygen atoms in total. The Hall–Kier alpha value is -0.340. The van der Waals surface area contributed by atoms with E-state index in [1.165, 1.54) is 19.4 Å². The number of aliphatic hydroxyl groups is 1. The molecule has 0 bridgehead atoms. The first-order valence-corrected chi connectivity index (χ1v) is 4.77. The fourth-order valence-corrected chi connectivity index (χ4v) is 1.96. The third-order valence-electron chi connectivity index (χ3n) is 2.48. The zero-order chi connectivity index (χ0) is 8.97. The first-order chi connectivity index (χ1) is 5.74. The van der Waals surface area contributed by atoms with Gasteiger partial charge in [-0.1, -0.05) is 6.08 Å². The van der Waals surface area contributed by atoms with Crippen molar-refractivity contribution in [1.82, 2.24) is 4.90 Å². The van der Waals surface area contributed by atoms with Crippen LogP contribution in [-0.2, 0) is 0 Å². The highest BCUT2D eigenvalue weighted by Crippen LogP contribution is 2.20. The quantitative estimate of drug-likeness (QED) is 0.643. The fraction of sp³-hybridized carbons (Fsp3) is 0.800. The Kier molecular flexibility index (Phi) is 3.76. The molecule has 1 heterocycles. The molecule has 1 saturated heterocycles. The van der Waals surface area contributed by atoms with E-state index in [-0.39, 0.29) is 6.10 Å². The van der Waals surface area contributed by atoms with E-state index in [2.05, 4.69) is 11.5 Å². The van der Waals surface area contributed by atoms with E-state index in [9.17, 15) is 5.11 Å². The van der Waals surface area contributed by atoms with Gasteiger partial charge in [0.05, 0.1) is 6.10 Å². The number of hydrogen-bond donors (Lipinski definition) is 1. The monoisotopic (exact) mass is 169 g/mol. The summed E-state index contributed by atoms with van der Waals surface area (Å²) in [5.41, 5.74) is 0. The van der Waals surface area contributed by atoms with Gasteiger partial charge in [-0.05, 0) is 32.7 Å². The summed E-state index contributed by atoms with van der Waals surface area (Å²) in [6.45, 7) is 7.74. The highest BCUT2D eigenvalue weighted by molar-refractivity contribution is 4.85. The summed E-state index contributed by atoms with van der Waals surface area (Å²) in [6.07, 6.45) is 5.19. The van der Waals surface area contributed by atoms with Gasteiger partial charge in [-0.25, -0.2) is 0 Å². The molecule has 2 unspecified atom stereocenters. The smallest absolute Gasteiger partial charge is 0.0527 e. The van der Waals surface area contributed by atoms with E-state index >= 15 is 0 Å². The zero-order valence-electron chi connectivity index (χ0n) is 7.87. The van der Waals surface area contributed by atoms with Gasteiger partial charge in [-0.2, -0.15) is 0 Å². The lowest BCUT2D eigenvalue weighted by Gasteiger charge is -2.23. The fourth-order valence-electron chi connectivity index (χ4n) is 1.96. The van der Waals surface area contributed by atoms with Gasteiger partial charge in [0.1, 0.15) is 0 Å². The second-order valence-electron chi connectivity index (χ2n) is 3.66. The normalized spacial score (nSPS) is 27.3. The van der Waals surface area contributed by atoms with Gasteiger partial charge >= 0.3 is 0 Å². The second-order valence-corrected chi connectivity index (χ2v) is 3.66. The number of likely N-dealkylation sites (tertiary alicyclic amines) is 1. The molecule has 1 N–H and O–H groups in total. The zero-order valence-corrected chi connectivity index (χ0v) is 7.87. The van der Waals surface area contributed by atoms with Crippen LogP contribution in [0.3, 0.4) is 0 Å². The highest BCUT2D eigenvalue weighted by Gasteiger charge is 2.23. The van der Waals surface area contributed by atoms with Gasteiger partial charge in [0.15, 0.2) is 0 Å². The van der Waals surface area contributed by atoms with Crippen molar-refractivity contribution in [2.75, 3.05) is 13.1 Å². The Balaban J connectivity index is 2.35. The van der Waals surface area contributed by atoms with Crippen molar-refractivity contribution < 1.29 is 5.11 Å². The summed E-state index contributed by atoms with van der Waals surface area (Å²) >= 11 is 0. The summed E-state index contributed by atoms with van der Waals surface area (Å²) in [4.78, 5) is 2.40. The SMILES string of the molecule is C=CCN1CCCC1CC(C)O. The van der Waals surface area contributed by atoms with E-state index in [0.29, 0.717) is 6.04 Å². The average molecular weight is 169 g/mol. The van der Waals surface area contributed by atoms with Crippen molar-refractivity contribution in [3.05, 3.63) is 12.7 Å². The molecule has 12 heavy (non-hydrogen) atoms. The predicted octanol–water partition coefficient (Wildman–Crippen LogP) is 1.41. The van der Waals surface area contributed by atoms with Gasteiger partial charge in [-0.3, -0.25) is 4.90 Å². The number of rotatable bonds is 4. The lowest BCUT2D eigenvalue weighted by Crippen LogP contribution is -2.31. The maximum atomic E-state index is 9.25. The summed E-state index contributed by atoms with van der Waals surface area (Å²) in [7, 11) is 0. The molecule has 0 radical (unpaired) electrons. The standard InChI is InChI=1S/C10H19NO/c1-3-6-11-7-4-5-10(11)8-9(2)12/h3,9-10,12H,1,4-8H2,2H3. The second kappa shape index (κ2) is 4.63. The van der Waals surface area contributed by atoms with Crippen molar-refractivity contribution in [1.29, 1.82) is 0 Å². The number of aliphatic hydroxyl groups excluding tert-OH is 1. The Bertz CT molecular complexity index is 145. The van der Waals surface area contributed by atoms with Crippen molar-refractivity contribution >= 4 is 0 Å². The molecule has 70 valence electrons. The van der Waals surface area contributed by atoms with Crippen molar-refractivity contribution in [3.63, 3.8) is 0 Å². The van der Waals surface area contributed by atoms with Crippen molar-refractivity contribution in [2.45, 2.75) is 38.3 Å². The molecular formula is C10H19NO.